The van der Waals surface area contributed by atoms with Crippen LogP contribution in [-0.4, -0.2) is 0 Å². The van der Waals surface area contributed by atoms with Crippen molar-refractivity contribution in [1.29, 1.82) is 0 Å². The van der Waals surface area contributed by atoms with Crippen molar-refractivity contribution in [2.24, 2.45) is 0 Å². The molecule has 0 atom stereocenters. The Balaban J connectivity index is 2.13. The summed E-state index contributed by atoms with van der Waals surface area (Å²) in [5.41, 5.74) is 0. The van der Waals surface area contributed by atoms with Gasteiger partial charge in [0.2, 0.25) is 0 Å². The molecule has 0 aliphatic heterocycles. The van der Waals surface area contributed by atoms with Crippen LogP contribution in [0.2, 0.25) is 0 Å². The first-order chi connectivity index (χ1) is 8.84. The SMILES string of the molecule is Sc1ccc2ccccc2c1Oc1ccccc1. The van der Waals surface area contributed by atoms with Crippen LogP contribution in [0, 0.1) is 0 Å². The average molecular weight is 252 g/mol. The summed E-state index contributed by atoms with van der Waals surface area (Å²) < 4.78 is 5.95. The topological polar surface area (TPSA) is 9.23 Å². The van der Waals surface area contributed by atoms with Gasteiger partial charge in [-0.25, -0.2) is 0 Å². The zero-order chi connectivity index (χ0) is 12.4. The van der Waals surface area contributed by atoms with Gasteiger partial charge in [0.1, 0.15) is 11.5 Å². The van der Waals surface area contributed by atoms with E-state index in [1.54, 1.807) is 0 Å². The number of rotatable bonds is 2. The van der Waals surface area contributed by atoms with E-state index in [1.807, 2.05) is 54.6 Å². The molecule has 0 N–H and O–H groups in total. The molecule has 0 spiro atoms. The van der Waals surface area contributed by atoms with Crippen molar-refractivity contribution in [1.82, 2.24) is 0 Å². The van der Waals surface area contributed by atoms with E-state index >= 15 is 0 Å². The van der Waals surface area contributed by atoms with Gasteiger partial charge in [-0.15, -0.1) is 12.6 Å². The summed E-state index contributed by atoms with van der Waals surface area (Å²) in [6.45, 7) is 0. The van der Waals surface area contributed by atoms with Crippen LogP contribution in [-0.2, 0) is 0 Å². The molecule has 88 valence electrons. The van der Waals surface area contributed by atoms with Gasteiger partial charge in [-0.05, 0) is 23.6 Å². The maximum atomic E-state index is 5.95. The fourth-order valence-corrected chi connectivity index (χ4v) is 2.19. The summed E-state index contributed by atoms with van der Waals surface area (Å²) >= 11 is 4.48. The Labute approximate surface area is 111 Å². The van der Waals surface area contributed by atoms with Gasteiger partial charge in [-0.2, -0.15) is 0 Å². The summed E-state index contributed by atoms with van der Waals surface area (Å²) in [6.07, 6.45) is 0. The van der Waals surface area contributed by atoms with E-state index in [-0.39, 0.29) is 0 Å². The van der Waals surface area contributed by atoms with Crippen LogP contribution in [0.25, 0.3) is 10.8 Å². The van der Waals surface area contributed by atoms with Gasteiger partial charge < -0.3 is 4.74 Å². The lowest BCUT2D eigenvalue weighted by Crippen LogP contribution is -1.87. The zero-order valence-corrected chi connectivity index (χ0v) is 10.6. The predicted molar refractivity (Wildman–Crippen MR) is 77.7 cm³/mol. The summed E-state index contributed by atoms with van der Waals surface area (Å²) in [5, 5.41) is 2.23. The molecule has 3 rings (SSSR count). The molecule has 18 heavy (non-hydrogen) atoms. The maximum absolute atomic E-state index is 5.95. The van der Waals surface area contributed by atoms with E-state index in [1.165, 1.54) is 0 Å². The molecule has 0 saturated heterocycles. The van der Waals surface area contributed by atoms with Crippen LogP contribution in [0.3, 0.4) is 0 Å². The standard InChI is InChI=1S/C16H12OS/c18-15-11-10-12-6-4-5-9-14(12)16(15)17-13-7-2-1-3-8-13/h1-11,18H. The first-order valence-electron chi connectivity index (χ1n) is 5.78. The van der Waals surface area contributed by atoms with Crippen molar-refractivity contribution in [3.8, 4) is 11.5 Å². The molecule has 0 fully saturated rings. The normalized spacial score (nSPS) is 10.5. The summed E-state index contributed by atoms with van der Waals surface area (Å²) in [5.74, 6) is 1.63. The van der Waals surface area contributed by atoms with Gasteiger partial charge in [0.25, 0.3) is 0 Å². The lowest BCUT2D eigenvalue weighted by Gasteiger charge is -2.11. The minimum absolute atomic E-state index is 0.808. The Hall–Kier alpha value is -1.93. The second kappa shape index (κ2) is 4.75. The number of thiol groups is 1. The lowest BCUT2D eigenvalue weighted by molar-refractivity contribution is 0.477. The Kier molecular flexibility index (Phi) is 2.95. The molecule has 2 heteroatoms. The third kappa shape index (κ3) is 2.07. The van der Waals surface area contributed by atoms with E-state index < -0.39 is 0 Å². The number of hydrogen-bond acceptors (Lipinski definition) is 2. The smallest absolute Gasteiger partial charge is 0.148 e. The number of benzene rings is 3. The van der Waals surface area contributed by atoms with Crippen molar-refractivity contribution < 1.29 is 4.74 Å². The molecule has 0 saturated carbocycles. The molecule has 0 aliphatic carbocycles. The van der Waals surface area contributed by atoms with Crippen molar-refractivity contribution in [3.05, 3.63) is 66.7 Å². The molecule has 0 bridgehead atoms. The zero-order valence-electron chi connectivity index (χ0n) is 9.71. The highest BCUT2D eigenvalue weighted by Crippen LogP contribution is 2.35. The number of fused-ring (bicyclic) bond motifs is 1. The molecule has 0 radical (unpaired) electrons. The molecule has 0 amide bonds. The summed E-state index contributed by atoms with van der Waals surface area (Å²) in [4.78, 5) is 0.845. The van der Waals surface area contributed by atoms with Gasteiger partial charge >= 0.3 is 0 Å². The van der Waals surface area contributed by atoms with Gasteiger partial charge in [-0.1, -0.05) is 48.5 Å². The molecule has 0 aromatic heterocycles. The Morgan fingerprint density at radius 2 is 1.44 bits per heavy atom. The number of hydrogen-bond donors (Lipinski definition) is 1. The van der Waals surface area contributed by atoms with Gasteiger partial charge in [0.15, 0.2) is 0 Å². The van der Waals surface area contributed by atoms with Crippen LogP contribution in [0.1, 0.15) is 0 Å². The summed E-state index contributed by atoms with van der Waals surface area (Å²) in [7, 11) is 0. The van der Waals surface area contributed by atoms with E-state index in [9.17, 15) is 0 Å². The van der Waals surface area contributed by atoms with E-state index in [4.69, 9.17) is 4.74 Å². The monoisotopic (exact) mass is 252 g/mol. The quantitative estimate of drug-likeness (QED) is 0.637. The van der Waals surface area contributed by atoms with Gasteiger partial charge in [0.05, 0.1) is 0 Å². The predicted octanol–water partition coefficient (Wildman–Crippen LogP) is 4.92. The van der Waals surface area contributed by atoms with Crippen LogP contribution in [0.5, 0.6) is 11.5 Å². The highest BCUT2D eigenvalue weighted by Gasteiger charge is 2.07. The molecule has 1 nitrogen and oxygen atoms in total. The molecular formula is C16H12OS. The fraction of sp³-hybridized carbons (Fsp3) is 0. The molecule has 0 heterocycles. The molecule has 3 aromatic carbocycles. The first-order valence-corrected chi connectivity index (χ1v) is 6.23. The second-order valence-corrected chi connectivity index (χ2v) is 4.53. The van der Waals surface area contributed by atoms with E-state index in [0.29, 0.717) is 0 Å². The second-order valence-electron chi connectivity index (χ2n) is 4.05. The van der Waals surface area contributed by atoms with Crippen LogP contribution in [0.4, 0.5) is 0 Å². The lowest BCUT2D eigenvalue weighted by atomic mass is 10.1. The van der Waals surface area contributed by atoms with E-state index in [0.717, 1.165) is 27.2 Å². The molecular weight excluding hydrogens is 240 g/mol. The van der Waals surface area contributed by atoms with Crippen molar-refractivity contribution in [2.75, 3.05) is 0 Å². The molecule has 0 aliphatic rings. The third-order valence-electron chi connectivity index (χ3n) is 2.82. The van der Waals surface area contributed by atoms with E-state index in [2.05, 4.69) is 24.8 Å². The highest BCUT2D eigenvalue weighted by molar-refractivity contribution is 7.80. The molecule has 0 unspecified atom stereocenters. The Morgan fingerprint density at radius 1 is 0.722 bits per heavy atom. The maximum Gasteiger partial charge on any atom is 0.148 e. The van der Waals surface area contributed by atoms with Crippen LogP contribution >= 0.6 is 12.6 Å². The average Bonchev–Trinajstić information content (AvgIpc) is 2.43. The summed E-state index contributed by atoms with van der Waals surface area (Å²) in [6, 6.07) is 21.9. The van der Waals surface area contributed by atoms with Crippen molar-refractivity contribution in [2.45, 2.75) is 4.90 Å². The van der Waals surface area contributed by atoms with Gasteiger partial charge in [-0.3, -0.25) is 0 Å². The number of para-hydroxylation sites is 1. The molecule has 3 aromatic rings. The van der Waals surface area contributed by atoms with Crippen molar-refractivity contribution in [3.63, 3.8) is 0 Å². The Morgan fingerprint density at radius 3 is 2.28 bits per heavy atom. The highest BCUT2D eigenvalue weighted by atomic mass is 32.1. The van der Waals surface area contributed by atoms with Crippen LogP contribution in [0.15, 0.2) is 71.6 Å². The fourth-order valence-electron chi connectivity index (χ4n) is 1.95. The van der Waals surface area contributed by atoms with Crippen molar-refractivity contribution >= 4 is 23.4 Å². The minimum Gasteiger partial charge on any atom is -0.456 e. The minimum atomic E-state index is 0.808. The largest absolute Gasteiger partial charge is 0.456 e. The first kappa shape index (κ1) is 11.2. The Bertz CT molecular complexity index is 677. The third-order valence-corrected chi connectivity index (χ3v) is 3.17. The van der Waals surface area contributed by atoms with Crippen LogP contribution < -0.4 is 4.74 Å². The van der Waals surface area contributed by atoms with Gasteiger partial charge in [0, 0.05) is 10.3 Å². The number of ether oxygens (including phenoxy) is 1.